The number of rotatable bonds is 5. The fourth-order valence-electron chi connectivity index (χ4n) is 3.72. The summed E-state index contributed by atoms with van der Waals surface area (Å²) in [6, 6.07) is 0. The third-order valence-electron chi connectivity index (χ3n) is 5.00. The molecule has 0 bridgehead atoms. The first-order valence-electron chi connectivity index (χ1n) is 8.69. The Kier molecular flexibility index (Phi) is 5.65. The van der Waals surface area contributed by atoms with Gasteiger partial charge in [0.15, 0.2) is 0 Å². The van der Waals surface area contributed by atoms with Crippen molar-refractivity contribution in [2.24, 2.45) is 11.8 Å². The van der Waals surface area contributed by atoms with Gasteiger partial charge in [0.25, 0.3) is 0 Å². The monoisotopic (exact) mass is 335 g/mol. The van der Waals surface area contributed by atoms with Crippen LogP contribution in [0, 0.1) is 11.8 Å². The molecule has 126 valence electrons. The molecule has 1 saturated carbocycles. The van der Waals surface area contributed by atoms with Crippen molar-refractivity contribution in [2.45, 2.75) is 44.9 Å². The lowest BCUT2D eigenvalue weighted by Gasteiger charge is -2.32. The van der Waals surface area contributed by atoms with Crippen LogP contribution < -0.4 is 5.32 Å². The maximum Gasteiger partial charge on any atom is 0.226 e. The predicted octanol–water partition coefficient (Wildman–Crippen LogP) is 2.23. The van der Waals surface area contributed by atoms with Crippen LogP contribution in [0.3, 0.4) is 0 Å². The van der Waals surface area contributed by atoms with E-state index in [-0.39, 0.29) is 23.7 Å². The van der Waals surface area contributed by atoms with E-state index in [0.717, 1.165) is 63.7 Å². The fourth-order valence-corrected chi connectivity index (χ4v) is 4.31. The number of nitrogens with zero attached hydrogens (tertiary/aromatic N) is 2. The second-order valence-corrected chi connectivity index (χ2v) is 7.27. The summed E-state index contributed by atoms with van der Waals surface area (Å²) >= 11 is 1.57. The molecule has 1 aliphatic heterocycles. The molecule has 23 heavy (non-hydrogen) atoms. The lowest BCUT2D eigenvalue weighted by atomic mass is 9.78. The summed E-state index contributed by atoms with van der Waals surface area (Å²) in [5, 5.41) is 5.03. The number of aromatic nitrogens is 1. The molecule has 1 saturated heterocycles. The van der Waals surface area contributed by atoms with Crippen LogP contribution in [0.4, 0.5) is 0 Å². The van der Waals surface area contributed by atoms with Crippen LogP contribution in [0.5, 0.6) is 0 Å². The quantitative estimate of drug-likeness (QED) is 0.897. The standard InChI is InChI=1S/C17H25N3O2S/c21-16(18-8-7-13-11-23-12-19-13)14-5-1-2-6-15(14)17(22)20-9-3-4-10-20/h11-12,14-15H,1-10H2,(H,18,21). The zero-order valence-corrected chi connectivity index (χ0v) is 14.3. The highest BCUT2D eigenvalue weighted by molar-refractivity contribution is 7.07. The van der Waals surface area contributed by atoms with Crippen molar-refractivity contribution >= 4 is 23.2 Å². The zero-order chi connectivity index (χ0) is 16.1. The Morgan fingerprint density at radius 2 is 1.91 bits per heavy atom. The molecule has 2 unspecified atom stereocenters. The van der Waals surface area contributed by atoms with Crippen molar-refractivity contribution in [1.29, 1.82) is 0 Å². The molecule has 3 rings (SSSR count). The van der Waals surface area contributed by atoms with Gasteiger partial charge in [-0.05, 0) is 25.7 Å². The van der Waals surface area contributed by atoms with E-state index < -0.39 is 0 Å². The van der Waals surface area contributed by atoms with Crippen molar-refractivity contribution in [3.05, 3.63) is 16.6 Å². The summed E-state index contributed by atoms with van der Waals surface area (Å²) in [4.78, 5) is 31.5. The molecule has 2 fully saturated rings. The van der Waals surface area contributed by atoms with E-state index in [1.165, 1.54) is 0 Å². The summed E-state index contributed by atoms with van der Waals surface area (Å²) in [6.07, 6.45) is 6.77. The Hall–Kier alpha value is -1.43. The second kappa shape index (κ2) is 7.90. The molecule has 1 aliphatic carbocycles. The molecule has 1 aromatic rings. The number of nitrogens with one attached hydrogen (secondary N) is 1. The highest BCUT2D eigenvalue weighted by Crippen LogP contribution is 2.32. The molecule has 2 amide bonds. The Bertz CT molecular complexity index is 526. The maximum atomic E-state index is 12.7. The summed E-state index contributed by atoms with van der Waals surface area (Å²) in [6.45, 7) is 2.34. The van der Waals surface area contributed by atoms with Gasteiger partial charge < -0.3 is 10.2 Å². The fraction of sp³-hybridized carbons (Fsp3) is 0.706. The van der Waals surface area contributed by atoms with Crippen LogP contribution in [-0.2, 0) is 16.0 Å². The van der Waals surface area contributed by atoms with Gasteiger partial charge in [-0.25, -0.2) is 4.98 Å². The topological polar surface area (TPSA) is 62.3 Å². The Morgan fingerprint density at radius 3 is 2.61 bits per heavy atom. The van der Waals surface area contributed by atoms with E-state index in [4.69, 9.17) is 0 Å². The van der Waals surface area contributed by atoms with Crippen LogP contribution >= 0.6 is 11.3 Å². The number of hydrogen-bond donors (Lipinski definition) is 1. The summed E-state index contributed by atoms with van der Waals surface area (Å²) in [5.74, 6) is 0.00716. The van der Waals surface area contributed by atoms with Gasteiger partial charge in [0.2, 0.25) is 11.8 Å². The molecule has 5 nitrogen and oxygen atoms in total. The summed E-state index contributed by atoms with van der Waals surface area (Å²) < 4.78 is 0. The Balaban J connectivity index is 1.54. The Morgan fingerprint density at radius 1 is 1.17 bits per heavy atom. The summed E-state index contributed by atoms with van der Waals surface area (Å²) in [5.41, 5.74) is 2.83. The normalized spacial score (nSPS) is 24.6. The molecule has 1 aromatic heterocycles. The van der Waals surface area contributed by atoms with Crippen molar-refractivity contribution < 1.29 is 9.59 Å². The third-order valence-corrected chi connectivity index (χ3v) is 5.64. The molecular weight excluding hydrogens is 310 g/mol. The van der Waals surface area contributed by atoms with Gasteiger partial charge in [-0.1, -0.05) is 12.8 Å². The highest BCUT2D eigenvalue weighted by Gasteiger charge is 2.38. The first-order valence-corrected chi connectivity index (χ1v) is 9.63. The van der Waals surface area contributed by atoms with Crippen LogP contribution in [0.1, 0.15) is 44.2 Å². The number of hydrogen-bond acceptors (Lipinski definition) is 4. The minimum atomic E-state index is -0.146. The Labute approximate surface area is 141 Å². The lowest BCUT2D eigenvalue weighted by Crippen LogP contribution is -2.45. The van der Waals surface area contributed by atoms with Crippen LogP contribution in [-0.4, -0.2) is 41.3 Å². The largest absolute Gasteiger partial charge is 0.355 e. The molecule has 0 aromatic carbocycles. The minimum absolute atomic E-state index is 0.0532. The molecular formula is C17H25N3O2S. The van der Waals surface area contributed by atoms with Gasteiger partial charge >= 0.3 is 0 Å². The van der Waals surface area contributed by atoms with Crippen molar-refractivity contribution in [2.75, 3.05) is 19.6 Å². The molecule has 2 aliphatic rings. The lowest BCUT2D eigenvalue weighted by molar-refractivity contribution is -0.142. The number of amides is 2. The number of likely N-dealkylation sites (tertiary alicyclic amines) is 1. The summed E-state index contributed by atoms with van der Waals surface area (Å²) in [7, 11) is 0. The molecule has 1 N–H and O–H groups in total. The number of carbonyl (C=O) groups excluding carboxylic acids is 2. The number of carbonyl (C=O) groups is 2. The maximum absolute atomic E-state index is 12.7. The predicted molar refractivity (Wildman–Crippen MR) is 90.1 cm³/mol. The van der Waals surface area contributed by atoms with E-state index in [0.29, 0.717) is 6.54 Å². The SMILES string of the molecule is O=C(NCCc1cscn1)C1CCCCC1C(=O)N1CCCC1. The highest BCUT2D eigenvalue weighted by atomic mass is 32.1. The third kappa shape index (κ3) is 4.10. The average Bonchev–Trinajstić information content (AvgIpc) is 3.27. The molecule has 6 heteroatoms. The van der Waals surface area contributed by atoms with Gasteiger partial charge in [-0.3, -0.25) is 9.59 Å². The van der Waals surface area contributed by atoms with Crippen LogP contribution in [0.2, 0.25) is 0 Å². The molecule has 2 heterocycles. The van der Waals surface area contributed by atoms with Gasteiger partial charge in [-0.2, -0.15) is 0 Å². The van der Waals surface area contributed by atoms with E-state index in [2.05, 4.69) is 10.3 Å². The van der Waals surface area contributed by atoms with E-state index >= 15 is 0 Å². The van der Waals surface area contributed by atoms with Gasteiger partial charge in [0, 0.05) is 43.3 Å². The van der Waals surface area contributed by atoms with E-state index in [9.17, 15) is 9.59 Å². The van der Waals surface area contributed by atoms with E-state index in [1.54, 1.807) is 11.3 Å². The van der Waals surface area contributed by atoms with Gasteiger partial charge in [0.05, 0.1) is 11.2 Å². The molecule has 0 radical (unpaired) electrons. The van der Waals surface area contributed by atoms with Crippen LogP contribution in [0.25, 0.3) is 0 Å². The van der Waals surface area contributed by atoms with Gasteiger partial charge in [0.1, 0.15) is 0 Å². The number of thiazole rings is 1. The first-order chi connectivity index (χ1) is 11.3. The van der Waals surface area contributed by atoms with Crippen molar-refractivity contribution in [3.63, 3.8) is 0 Å². The van der Waals surface area contributed by atoms with Crippen molar-refractivity contribution in [1.82, 2.24) is 15.2 Å². The minimum Gasteiger partial charge on any atom is -0.355 e. The van der Waals surface area contributed by atoms with Gasteiger partial charge in [-0.15, -0.1) is 11.3 Å². The molecule has 2 atom stereocenters. The zero-order valence-electron chi connectivity index (χ0n) is 13.5. The first kappa shape index (κ1) is 16.4. The molecule has 0 spiro atoms. The van der Waals surface area contributed by atoms with Crippen LogP contribution in [0.15, 0.2) is 10.9 Å². The van der Waals surface area contributed by atoms with E-state index in [1.807, 2.05) is 15.8 Å². The second-order valence-electron chi connectivity index (χ2n) is 6.55. The van der Waals surface area contributed by atoms with Crippen molar-refractivity contribution in [3.8, 4) is 0 Å². The smallest absolute Gasteiger partial charge is 0.226 e. The average molecular weight is 335 g/mol.